The van der Waals surface area contributed by atoms with Crippen molar-refractivity contribution in [3.8, 4) is 0 Å². The molecule has 1 aliphatic heterocycles. The lowest BCUT2D eigenvalue weighted by Gasteiger charge is -2.16. The highest BCUT2D eigenvalue weighted by molar-refractivity contribution is 6.13. The molecule has 0 aromatic heterocycles. The Bertz CT molecular complexity index is 701. The lowest BCUT2D eigenvalue weighted by atomic mass is 10.3. The molecule has 0 unspecified atom stereocenters. The molecule has 34 heavy (non-hydrogen) atoms. The summed E-state index contributed by atoms with van der Waals surface area (Å²) in [5, 5.41) is 10.6. The van der Waals surface area contributed by atoms with Gasteiger partial charge in [0.25, 0.3) is 17.7 Å². The van der Waals surface area contributed by atoms with Gasteiger partial charge in [0.2, 0.25) is 5.91 Å². The molecule has 192 valence electrons. The summed E-state index contributed by atoms with van der Waals surface area (Å²) >= 11 is 0. The molecule has 0 radical (unpaired) electrons. The lowest BCUT2D eigenvalue weighted by Crippen LogP contribution is -2.35. The van der Waals surface area contributed by atoms with Crippen LogP contribution in [0.5, 0.6) is 0 Å². The van der Waals surface area contributed by atoms with Crippen LogP contribution in [0, 0.1) is 0 Å². The fourth-order valence-corrected chi connectivity index (χ4v) is 2.44. The summed E-state index contributed by atoms with van der Waals surface area (Å²) in [6.07, 6.45) is 1.93. The molecule has 4 amide bonds. The first-order valence-electron chi connectivity index (χ1n) is 10.6. The van der Waals surface area contributed by atoms with Gasteiger partial charge in [0, 0.05) is 31.5 Å². The third-order valence-electron chi connectivity index (χ3n) is 4.18. The minimum absolute atomic E-state index is 0.0162. The van der Waals surface area contributed by atoms with E-state index in [-0.39, 0.29) is 64.1 Å². The molecule has 2 N–H and O–H groups in total. The quantitative estimate of drug-likeness (QED) is 0.119. The number of hydrogen-bond acceptors (Lipinski definition) is 9. The Kier molecular flexibility index (Phi) is 15.0. The van der Waals surface area contributed by atoms with Gasteiger partial charge < -0.3 is 29.4 Å². The molecule has 0 atom stereocenters. The first-order chi connectivity index (χ1) is 16.3. The molecule has 0 aromatic rings. The molecule has 1 aliphatic rings. The van der Waals surface area contributed by atoms with Crippen molar-refractivity contribution in [2.24, 2.45) is 0 Å². The number of aliphatic carboxylic acids is 1. The molecule has 13 nitrogen and oxygen atoms in total. The summed E-state index contributed by atoms with van der Waals surface area (Å²) in [4.78, 5) is 56.8. The molecular formula is C20H30FN3O10. The number of hydrogen-bond donors (Lipinski definition) is 2. The van der Waals surface area contributed by atoms with Crippen molar-refractivity contribution >= 4 is 29.6 Å². The van der Waals surface area contributed by atoms with Gasteiger partial charge in [0.15, 0.2) is 0 Å². The van der Waals surface area contributed by atoms with E-state index in [4.69, 9.17) is 24.1 Å². The van der Waals surface area contributed by atoms with E-state index in [2.05, 4.69) is 5.32 Å². The fourth-order valence-electron chi connectivity index (χ4n) is 2.44. The van der Waals surface area contributed by atoms with Crippen LogP contribution < -0.4 is 5.32 Å². The molecule has 1 rings (SSSR count). The van der Waals surface area contributed by atoms with Crippen molar-refractivity contribution in [3.63, 3.8) is 0 Å². The standard InChI is InChI=1S/C20H30FN3O10/c21-24(19(28)3-5-23-17(26)1-2-18(23)27)6-8-32-10-12-34-14-13-33-11-9-31-7-4-16(25)22-15-20(29)30/h1-2H,3-15H2,(H,22,25)(H,29,30). The molecular weight excluding hydrogens is 461 g/mol. The number of carboxylic acid groups (broad SMARTS) is 1. The van der Waals surface area contributed by atoms with Crippen molar-refractivity contribution in [3.05, 3.63) is 12.2 Å². The van der Waals surface area contributed by atoms with E-state index in [0.717, 1.165) is 17.1 Å². The molecule has 0 spiro atoms. The van der Waals surface area contributed by atoms with Gasteiger partial charge in [-0.15, -0.1) is 0 Å². The Labute approximate surface area is 195 Å². The van der Waals surface area contributed by atoms with E-state index in [9.17, 15) is 28.5 Å². The number of amides is 4. The Morgan fingerprint density at radius 3 is 1.88 bits per heavy atom. The largest absolute Gasteiger partial charge is 0.480 e. The molecule has 1 heterocycles. The van der Waals surface area contributed by atoms with Crippen LogP contribution in [-0.4, -0.2) is 117 Å². The zero-order chi connectivity index (χ0) is 25.2. The number of imide groups is 1. The zero-order valence-corrected chi connectivity index (χ0v) is 18.7. The van der Waals surface area contributed by atoms with Gasteiger partial charge in [0.05, 0.1) is 59.4 Å². The molecule has 14 heteroatoms. The highest BCUT2D eigenvalue weighted by atomic mass is 19.2. The van der Waals surface area contributed by atoms with Gasteiger partial charge in [-0.2, -0.15) is 5.12 Å². The fraction of sp³-hybridized carbons (Fsp3) is 0.650. The second kappa shape index (κ2) is 17.5. The topological polar surface area (TPSA) is 161 Å². The number of nitrogens with zero attached hydrogens (tertiary/aromatic N) is 2. The monoisotopic (exact) mass is 491 g/mol. The number of carboxylic acids is 1. The Hall–Kier alpha value is -2.94. The minimum atomic E-state index is -1.11. The zero-order valence-electron chi connectivity index (χ0n) is 18.7. The van der Waals surface area contributed by atoms with Crippen molar-refractivity contribution in [1.82, 2.24) is 15.3 Å². The van der Waals surface area contributed by atoms with Crippen LogP contribution >= 0.6 is 0 Å². The molecule has 0 saturated heterocycles. The van der Waals surface area contributed by atoms with Gasteiger partial charge >= 0.3 is 5.97 Å². The SMILES string of the molecule is O=C(O)CNC(=O)CCOCCOCCOCCOCCN(F)C(=O)CCN1C(=O)C=CC1=O. The second-order valence-corrected chi connectivity index (χ2v) is 6.76. The maximum Gasteiger partial charge on any atom is 0.322 e. The predicted octanol–water partition coefficient (Wildman–Crippen LogP) is -1.33. The lowest BCUT2D eigenvalue weighted by molar-refractivity contribution is -0.149. The van der Waals surface area contributed by atoms with Crippen molar-refractivity contribution in [1.29, 1.82) is 0 Å². The maximum atomic E-state index is 13.7. The van der Waals surface area contributed by atoms with E-state index >= 15 is 0 Å². The highest BCUT2D eigenvalue weighted by Crippen LogP contribution is 2.06. The van der Waals surface area contributed by atoms with Gasteiger partial charge in [-0.25, -0.2) is 0 Å². The Morgan fingerprint density at radius 2 is 1.35 bits per heavy atom. The third-order valence-corrected chi connectivity index (χ3v) is 4.18. The summed E-state index contributed by atoms with van der Waals surface area (Å²) < 4.78 is 34.6. The van der Waals surface area contributed by atoms with E-state index in [1.165, 1.54) is 0 Å². The average Bonchev–Trinajstić information content (AvgIpc) is 3.13. The van der Waals surface area contributed by atoms with Crippen LogP contribution in [0.25, 0.3) is 0 Å². The van der Waals surface area contributed by atoms with E-state index in [1.54, 1.807) is 0 Å². The number of carbonyl (C=O) groups excluding carboxylic acids is 4. The molecule has 0 aliphatic carbocycles. The van der Waals surface area contributed by atoms with Crippen LogP contribution in [0.1, 0.15) is 12.8 Å². The number of halogens is 1. The molecule has 0 saturated carbocycles. The number of carbonyl (C=O) groups is 5. The summed E-state index contributed by atoms with van der Waals surface area (Å²) in [5.74, 6) is -3.42. The summed E-state index contributed by atoms with van der Waals surface area (Å²) in [6.45, 7) is 0.841. The smallest absolute Gasteiger partial charge is 0.322 e. The first-order valence-corrected chi connectivity index (χ1v) is 10.6. The van der Waals surface area contributed by atoms with Gasteiger partial charge in [0.1, 0.15) is 6.54 Å². The van der Waals surface area contributed by atoms with Gasteiger partial charge in [-0.1, -0.05) is 4.48 Å². The minimum Gasteiger partial charge on any atom is -0.480 e. The Morgan fingerprint density at radius 1 is 0.853 bits per heavy atom. The highest BCUT2D eigenvalue weighted by Gasteiger charge is 2.24. The van der Waals surface area contributed by atoms with E-state index in [1.807, 2.05) is 0 Å². The Balaban J connectivity index is 1.85. The molecule has 0 fully saturated rings. The van der Waals surface area contributed by atoms with Crippen LogP contribution in [0.4, 0.5) is 4.48 Å². The number of rotatable bonds is 20. The molecule has 0 bridgehead atoms. The molecule has 0 aromatic carbocycles. The predicted molar refractivity (Wildman–Crippen MR) is 112 cm³/mol. The number of nitrogens with one attached hydrogen (secondary N) is 1. The van der Waals surface area contributed by atoms with E-state index < -0.39 is 36.1 Å². The summed E-state index contributed by atoms with van der Waals surface area (Å²) in [7, 11) is 0. The summed E-state index contributed by atoms with van der Waals surface area (Å²) in [6, 6.07) is 0. The van der Waals surface area contributed by atoms with Crippen LogP contribution in [0.2, 0.25) is 0 Å². The normalized spacial score (nSPS) is 12.9. The van der Waals surface area contributed by atoms with Gasteiger partial charge in [-0.3, -0.25) is 28.9 Å². The van der Waals surface area contributed by atoms with E-state index in [0.29, 0.717) is 19.8 Å². The van der Waals surface area contributed by atoms with Gasteiger partial charge in [-0.05, 0) is 0 Å². The van der Waals surface area contributed by atoms with Crippen LogP contribution in [-0.2, 0) is 42.9 Å². The van der Waals surface area contributed by atoms with Crippen molar-refractivity contribution in [2.75, 3.05) is 72.5 Å². The van der Waals surface area contributed by atoms with Crippen molar-refractivity contribution < 1.29 is 52.5 Å². The van der Waals surface area contributed by atoms with Crippen LogP contribution in [0.15, 0.2) is 12.2 Å². The third kappa shape index (κ3) is 13.6. The average molecular weight is 491 g/mol. The van der Waals surface area contributed by atoms with Crippen LogP contribution in [0.3, 0.4) is 0 Å². The summed E-state index contributed by atoms with van der Waals surface area (Å²) in [5.41, 5.74) is 0. The number of ether oxygens (including phenoxy) is 4. The maximum absolute atomic E-state index is 13.7. The van der Waals surface area contributed by atoms with Crippen molar-refractivity contribution in [2.45, 2.75) is 12.8 Å². The first kappa shape index (κ1) is 29.1. The second-order valence-electron chi connectivity index (χ2n) is 6.76.